The Morgan fingerprint density at radius 1 is 1.19 bits per heavy atom. The third kappa shape index (κ3) is 3.55. The van der Waals surface area contributed by atoms with Crippen molar-refractivity contribution in [1.82, 2.24) is 24.9 Å². The molecule has 0 aliphatic rings. The number of hydrogen-bond donors (Lipinski definition) is 1. The van der Waals surface area contributed by atoms with Crippen molar-refractivity contribution in [3.05, 3.63) is 51.6 Å². The van der Waals surface area contributed by atoms with Gasteiger partial charge in [0.2, 0.25) is 5.91 Å². The van der Waals surface area contributed by atoms with Crippen molar-refractivity contribution in [3.63, 3.8) is 0 Å². The van der Waals surface area contributed by atoms with Crippen LogP contribution in [0.2, 0.25) is 0 Å². The second-order valence-corrected chi connectivity index (χ2v) is 6.54. The average molecular weight is 369 g/mol. The van der Waals surface area contributed by atoms with Crippen molar-refractivity contribution in [2.75, 3.05) is 7.11 Å². The summed E-state index contributed by atoms with van der Waals surface area (Å²) in [7, 11) is 3.38. The van der Waals surface area contributed by atoms with Gasteiger partial charge in [-0.05, 0) is 38.5 Å². The van der Waals surface area contributed by atoms with E-state index in [0.29, 0.717) is 22.3 Å². The van der Waals surface area contributed by atoms with Gasteiger partial charge in [-0.2, -0.15) is 10.2 Å². The minimum absolute atomic E-state index is 0.148. The highest BCUT2D eigenvalue weighted by molar-refractivity contribution is 5.83. The summed E-state index contributed by atoms with van der Waals surface area (Å²) in [5.41, 5.74) is 2.61. The number of aryl methyl sites for hydroxylation is 3. The standard InChI is InChI=1S/C19H23N5O3/c1-11(14-6-8-15(27-5)9-7-14)20-16(25)10-24-19(26)17-12(2)21-23(4)18(17)13(3)22-24/h6-9,11H,10H2,1-5H3,(H,20,25)/t11-/m0/s1. The molecule has 0 spiro atoms. The van der Waals surface area contributed by atoms with Crippen LogP contribution in [0.25, 0.3) is 10.9 Å². The molecule has 142 valence electrons. The largest absolute Gasteiger partial charge is 0.497 e. The summed E-state index contributed by atoms with van der Waals surface area (Å²) in [6, 6.07) is 7.26. The number of hydrogen-bond acceptors (Lipinski definition) is 5. The van der Waals surface area contributed by atoms with E-state index in [2.05, 4.69) is 15.5 Å². The first kappa shape index (κ1) is 18.6. The first-order valence-corrected chi connectivity index (χ1v) is 8.66. The first-order valence-electron chi connectivity index (χ1n) is 8.66. The van der Waals surface area contributed by atoms with Gasteiger partial charge in [0, 0.05) is 7.05 Å². The minimum Gasteiger partial charge on any atom is -0.497 e. The van der Waals surface area contributed by atoms with E-state index in [4.69, 9.17) is 4.74 Å². The minimum atomic E-state index is -0.312. The Morgan fingerprint density at radius 2 is 1.85 bits per heavy atom. The lowest BCUT2D eigenvalue weighted by atomic mass is 10.1. The van der Waals surface area contributed by atoms with Gasteiger partial charge in [0.05, 0.1) is 35.4 Å². The molecule has 0 saturated carbocycles. The van der Waals surface area contributed by atoms with Crippen LogP contribution in [0.5, 0.6) is 5.75 Å². The van der Waals surface area contributed by atoms with Crippen LogP contribution in [-0.2, 0) is 18.4 Å². The normalized spacial score (nSPS) is 12.2. The van der Waals surface area contributed by atoms with E-state index in [1.165, 1.54) is 4.68 Å². The molecule has 8 nitrogen and oxygen atoms in total. The Morgan fingerprint density at radius 3 is 2.48 bits per heavy atom. The van der Waals surface area contributed by atoms with Gasteiger partial charge in [0.25, 0.3) is 5.56 Å². The molecule has 1 aromatic carbocycles. The van der Waals surface area contributed by atoms with Crippen molar-refractivity contribution in [2.45, 2.75) is 33.4 Å². The van der Waals surface area contributed by atoms with Crippen molar-refractivity contribution in [3.8, 4) is 5.75 Å². The zero-order valence-electron chi connectivity index (χ0n) is 16.1. The Balaban J connectivity index is 1.80. The fraction of sp³-hybridized carbons (Fsp3) is 0.368. The van der Waals surface area contributed by atoms with Crippen LogP contribution in [-0.4, -0.2) is 32.6 Å². The summed E-state index contributed by atoms with van der Waals surface area (Å²) in [5.74, 6) is 0.469. The predicted octanol–water partition coefficient (Wildman–Crippen LogP) is 1.63. The number of ether oxygens (including phenoxy) is 1. The molecular weight excluding hydrogens is 346 g/mol. The van der Waals surface area contributed by atoms with Crippen molar-refractivity contribution >= 4 is 16.8 Å². The Bertz CT molecular complexity index is 1050. The maximum Gasteiger partial charge on any atom is 0.278 e. The van der Waals surface area contributed by atoms with Gasteiger partial charge >= 0.3 is 0 Å². The van der Waals surface area contributed by atoms with E-state index in [0.717, 1.165) is 11.3 Å². The summed E-state index contributed by atoms with van der Waals surface area (Å²) in [5, 5.41) is 12.0. The maximum atomic E-state index is 12.7. The van der Waals surface area contributed by atoms with Gasteiger partial charge in [0.1, 0.15) is 12.3 Å². The maximum absolute atomic E-state index is 12.7. The molecule has 1 atom stereocenters. The highest BCUT2D eigenvalue weighted by Crippen LogP contribution is 2.17. The number of carbonyl (C=O) groups is 1. The number of nitrogens with one attached hydrogen (secondary N) is 1. The molecule has 27 heavy (non-hydrogen) atoms. The molecule has 3 aromatic rings. The van der Waals surface area contributed by atoms with E-state index in [9.17, 15) is 9.59 Å². The quantitative estimate of drug-likeness (QED) is 0.738. The average Bonchev–Trinajstić information content (AvgIpc) is 2.94. The molecule has 0 aliphatic carbocycles. The zero-order valence-corrected chi connectivity index (χ0v) is 16.1. The van der Waals surface area contributed by atoms with Crippen LogP contribution in [0, 0.1) is 13.8 Å². The van der Waals surface area contributed by atoms with Crippen molar-refractivity contribution < 1.29 is 9.53 Å². The van der Waals surface area contributed by atoms with Gasteiger partial charge in [0.15, 0.2) is 0 Å². The smallest absolute Gasteiger partial charge is 0.278 e. The number of aromatic nitrogens is 4. The first-order chi connectivity index (χ1) is 12.8. The molecule has 1 amide bonds. The molecular formula is C19H23N5O3. The van der Waals surface area contributed by atoms with Crippen molar-refractivity contribution in [1.29, 1.82) is 0 Å². The number of amides is 1. The van der Waals surface area contributed by atoms with E-state index in [1.54, 1.807) is 32.7 Å². The number of rotatable bonds is 5. The molecule has 0 fully saturated rings. The second-order valence-electron chi connectivity index (χ2n) is 6.54. The third-order valence-corrected chi connectivity index (χ3v) is 4.57. The lowest BCUT2D eigenvalue weighted by Crippen LogP contribution is -2.35. The van der Waals surface area contributed by atoms with Crippen LogP contribution >= 0.6 is 0 Å². The van der Waals surface area contributed by atoms with Crippen molar-refractivity contribution in [2.24, 2.45) is 7.05 Å². The molecule has 0 aliphatic heterocycles. The molecule has 2 heterocycles. The number of benzene rings is 1. The van der Waals surface area contributed by atoms with E-state index < -0.39 is 0 Å². The Hall–Kier alpha value is -3.16. The van der Waals surface area contributed by atoms with Crippen LogP contribution in [0.4, 0.5) is 0 Å². The molecule has 0 bridgehead atoms. The highest BCUT2D eigenvalue weighted by atomic mass is 16.5. The summed E-state index contributed by atoms with van der Waals surface area (Å²) < 4.78 is 7.98. The SMILES string of the molecule is COc1ccc([C@H](C)NC(=O)Cn2nc(C)c3c(c(C)nn3C)c2=O)cc1. The summed E-state index contributed by atoms with van der Waals surface area (Å²) in [4.78, 5) is 25.2. The molecule has 8 heteroatoms. The number of nitrogens with zero attached hydrogens (tertiary/aromatic N) is 4. The molecule has 0 unspecified atom stereocenters. The van der Waals surface area contributed by atoms with Gasteiger partial charge in [-0.25, -0.2) is 4.68 Å². The second kappa shape index (κ2) is 7.22. The van der Waals surface area contributed by atoms with Crippen LogP contribution in [0.3, 0.4) is 0 Å². The lowest BCUT2D eigenvalue weighted by molar-refractivity contribution is -0.122. The molecule has 0 saturated heterocycles. The van der Waals surface area contributed by atoms with E-state index in [1.807, 2.05) is 31.2 Å². The molecule has 2 aromatic heterocycles. The number of fused-ring (bicyclic) bond motifs is 1. The summed E-state index contributed by atoms with van der Waals surface area (Å²) in [6.07, 6.45) is 0. The van der Waals surface area contributed by atoms with Gasteiger partial charge in [-0.3, -0.25) is 14.3 Å². The van der Waals surface area contributed by atoms with Crippen LogP contribution in [0.1, 0.15) is 29.9 Å². The van der Waals surface area contributed by atoms with Gasteiger partial charge < -0.3 is 10.1 Å². The van der Waals surface area contributed by atoms with Gasteiger partial charge in [-0.1, -0.05) is 12.1 Å². The predicted molar refractivity (Wildman–Crippen MR) is 102 cm³/mol. The third-order valence-electron chi connectivity index (χ3n) is 4.57. The lowest BCUT2D eigenvalue weighted by Gasteiger charge is -2.15. The summed E-state index contributed by atoms with van der Waals surface area (Å²) >= 11 is 0. The monoisotopic (exact) mass is 369 g/mol. The Labute approximate surface area is 156 Å². The fourth-order valence-corrected chi connectivity index (χ4v) is 3.24. The molecule has 1 N–H and O–H groups in total. The zero-order chi connectivity index (χ0) is 19.7. The Kier molecular flexibility index (Phi) is 4.98. The number of methoxy groups -OCH3 is 1. The van der Waals surface area contributed by atoms with Crippen LogP contribution in [0.15, 0.2) is 29.1 Å². The molecule has 3 rings (SSSR count). The van der Waals surface area contributed by atoms with E-state index in [-0.39, 0.29) is 24.1 Å². The van der Waals surface area contributed by atoms with Gasteiger partial charge in [-0.15, -0.1) is 0 Å². The number of carbonyl (C=O) groups excluding carboxylic acids is 1. The van der Waals surface area contributed by atoms with Crippen LogP contribution < -0.4 is 15.6 Å². The fourth-order valence-electron chi connectivity index (χ4n) is 3.24. The van der Waals surface area contributed by atoms with E-state index >= 15 is 0 Å². The summed E-state index contributed by atoms with van der Waals surface area (Å²) in [6.45, 7) is 5.32. The topological polar surface area (TPSA) is 91.0 Å². The highest BCUT2D eigenvalue weighted by Gasteiger charge is 2.17. The molecule has 0 radical (unpaired) electrons.